The minimum Gasteiger partial charge on any atom is -0.452 e. The van der Waals surface area contributed by atoms with Crippen molar-refractivity contribution < 1.29 is 14.3 Å². The molecule has 0 aliphatic rings. The molecule has 0 fully saturated rings. The number of halogens is 2. The molecule has 1 aromatic heterocycles. The van der Waals surface area contributed by atoms with Crippen LogP contribution in [0.5, 0.6) is 0 Å². The molecular weight excluding hydrogens is 389 g/mol. The molecule has 1 N–H and O–H groups in total. The maximum absolute atomic E-state index is 12.1. The van der Waals surface area contributed by atoms with E-state index in [0.29, 0.717) is 16.5 Å². The van der Waals surface area contributed by atoms with E-state index in [2.05, 4.69) is 10.4 Å². The number of hydrogen-bond acceptors (Lipinski definition) is 4. The van der Waals surface area contributed by atoms with E-state index < -0.39 is 18.5 Å². The van der Waals surface area contributed by atoms with Gasteiger partial charge in [-0.2, -0.15) is 5.10 Å². The van der Waals surface area contributed by atoms with Crippen LogP contribution in [0.25, 0.3) is 11.3 Å². The number of anilines is 1. The van der Waals surface area contributed by atoms with Crippen LogP contribution in [0.2, 0.25) is 10.0 Å². The van der Waals surface area contributed by atoms with Gasteiger partial charge in [-0.15, -0.1) is 0 Å². The van der Waals surface area contributed by atoms with E-state index in [4.69, 9.17) is 27.9 Å². The van der Waals surface area contributed by atoms with Gasteiger partial charge >= 0.3 is 5.97 Å². The van der Waals surface area contributed by atoms with Gasteiger partial charge in [-0.25, -0.2) is 4.79 Å². The lowest BCUT2D eigenvalue weighted by Gasteiger charge is -2.07. The van der Waals surface area contributed by atoms with Gasteiger partial charge in [0, 0.05) is 23.7 Å². The van der Waals surface area contributed by atoms with Crippen molar-refractivity contribution in [3.63, 3.8) is 0 Å². The summed E-state index contributed by atoms with van der Waals surface area (Å²) in [6.07, 6.45) is 0. The molecule has 0 aliphatic carbocycles. The van der Waals surface area contributed by atoms with Gasteiger partial charge in [0.15, 0.2) is 6.61 Å². The zero-order valence-corrected chi connectivity index (χ0v) is 15.8. The lowest BCUT2D eigenvalue weighted by Crippen LogP contribution is -2.22. The highest BCUT2D eigenvalue weighted by Gasteiger charge is 2.15. The van der Waals surface area contributed by atoms with Crippen LogP contribution in [0.1, 0.15) is 10.4 Å². The van der Waals surface area contributed by atoms with Gasteiger partial charge in [-0.05, 0) is 24.3 Å². The van der Waals surface area contributed by atoms with Gasteiger partial charge < -0.3 is 10.1 Å². The average molecular weight is 404 g/mol. The highest BCUT2D eigenvalue weighted by atomic mass is 35.5. The SMILES string of the molecule is Cn1nc(-c2ccc(Cl)cc2)cc1NC(=O)COC(=O)c1ccccc1Cl. The Morgan fingerprint density at radius 3 is 2.52 bits per heavy atom. The zero-order chi connectivity index (χ0) is 19.4. The van der Waals surface area contributed by atoms with E-state index in [1.54, 1.807) is 43.4 Å². The van der Waals surface area contributed by atoms with E-state index >= 15 is 0 Å². The molecule has 6 nitrogen and oxygen atoms in total. The van der Waals surface area contributed by atoms with Gasteiger partial charge in [0.2, 0.25) is 0 Å². The molecule has 1 amide bonds. The number of carbonyl (C=O) groups excluding carboxylic acids is 2. The van der Waals surface area contributed by atoms with Crippen LogP contribution in [0.4, 0.5) is 5.82 Å². The molecule has 0 radical (unpaired) electrons. The first kappa shape index (κ1) is 18.9. The van der Waals surface area contributed by atoms with E-state index in [9.17, 15) is 9.59 Å². The Kier molecular flexibility index (Phi) is 5.78. The van der Waals surface area contributed by atoms with Crippen molar-refractivity contribution in [2.75, 3.05) is 11.9 Å². The largest absolute Gasteiger partial charge is 0.452 e. The van der Waals surface area contributed by atoms with Gasteiger partial charge in [0.1, 0.15) is 5.82 Å². The lowest BCUT2D eigenvalue weighted by molar-refractivity contribution is -0.119. The average Bonchev–Trinajstić information content (AvgIpc) is 3.01. The van der Waals surface area contributed by atoms with Crippen LogP contribution in [0.3, 0.4) is 0 Å². The molecule has 0 spiro atoms. The zero-order valence-electron chi connectivity index (χ0n) is 14.3. The number of carbonyl (C=O) groups is 2. The number of hydrogen-bond donors (Lipinski definition) is 1. The van der Waals surface area contributed by atoms with Crippen LogP contribution in [0, 0.1) is 0 Å². The number of amides is 1. The summed E-state index contributed by atoms with van der Waals surface area (Å²) >= 11 is 11.8. The van der Waals surface area contributed by atoms with E-state index in [-0.39, 0.29) is 10.6 Å². The van der Waals surface area contributed by atoms with Crippen LogP contribution in [-0.2, 0) is 16.6 Å². The quantitative estimate of drug-likeness (QED) is 0.648. The number of benzene rings is 2. The first-order chi connectivity index (χ1) is 12.9. The molecule has 138 valence electrons. The monoisotopic (exact) mass is 403 g/mol. The van der Waals surface area contributed by atoms with Crippen LogP contribution in [0.15, 0.2) is 54.6 Å². The summed E-state index contributed by atoms with van der Waals surface area (Å²) in [4.78, 5) is 24.1. The molecule has 3 rings (SSSR count). The second kappa shape index (κ2) is 8.24. The first-order valence-corrected chi connectivity index (χ1v) is 8.71. The Hall–Kier alpha value is -2.83. The normalized spacial score (nSPS) is 10.5. The summed E-state index contributed by atoms with van der Waals surface area (Å²) in [5, 5.41) is 7.90. The van der Waals surface area contributed by atoms with Crippen molar-refractivity contribution in [3.05, 3.63) is 70.2 Å². The first-order valence-electron chi connectivity index (χ1n) is 7.95. The number of aryl methyl sites for hydroxylation is 1. The van der Waals surface area contributed by atoms with Crippen molar-refractivity contribution in [2.45, 2.75) is 0 Å². The molecule has 0 aliphatic heterocycles. The van der Waals surface area contributed by atoms with Crippen molar-refractivity contribution in [1.82, 2.24) is 9.78 Å². The Morgan fingerprint density at radius 1 is 1.11 bits per heavy atom. The molecule has 0 unspecified atom stereocenters. The minimum absolute atomic E-state index is 0.206. The molecule has 0 bridgehead atoms. The molecule has 3 aromatic rings. The molecule has 0 atom stereocenters. The number of nitrogens with zero attached hydrogens (tertiary/aromatic N) is 2. The summed E-state index contributed by atoms with van der Waals surface area (Å²) in [5.41, 5.74) is 1.75. The Morgan fingerprint density at radius 2 is 1.81 bits per heavy atom. The fraction of sp³-hybridized carbons (Fsp3) is 0.105. The van der Waals surface area contributed by atoms with Gasteiger partial charge in [-0.1, -0.05) is 47.5 Å². The summed E-state index contributed by atoms with van der Waals surface area (Å²) in [6.45, 7) is -0.439. The third kappa shape index (κ3) is 4.67. The third-order valence-corrected chi connectivity index (χ3v) is 4.30. The molecule has 8 heteroatoms. The van der Waals surface area contributed by atoms with E-state index in [0.717, 1.165) is 5.56 Å². The maximum atomic E-state index is 12.1. The fourth-order valence-electron chi connectivity index (χ4n) is 2.36. The summed E-state index contributed by atoms with van der Waals surface area (Å²) in [7, 11) is 1.70. The predicted octanol–water partition coefficient (Wildman–Crippen LogP) is 4.19. The Bertz CT molecular complexity index is 984. The number of ether oxygens (including phenoxy) is 1. The second-order valence-electron chi connectivity index (χ2n) is 5.65. The van der Waals surface area contributed by atoms with Crippen molar-refractivity contribution in [3.8, 4) is 11.3 Å². The topological polar surface area (TPSA) is 73.2 Å². The second-order valence-corrected chi connectivity index (χ2v) is 6.49. The Balaban J connectivity index is 1.62. The van der Waals surface area contributed by atoms with Crippen LogP contribution >= 0.6 is 23.2 Å². The molecule has 0 saturated heterocycles. The predicted molar refractivity (Wildman–Crippen MR) is 104 cm³/mol. The molecule has 27 heavy (non-hydrogen) atoms. The lowest BCUT2D eigenvalue weighted by atomic mass is 10.1. The highest BCUT2D eigenvalue weighted by Crippen LogP contribution is 2.23. The van der Waals surface area contributed by atoms with Gasteiger partial charge in [0.25, 0.3) is 5.91 Å². The fourth-order valence-corrected chi connectivity index (χ4v) is 2.70. The van der Waals surface area contributed by atoms with E-state index in [1.165, 1.54) is 10.7 Å². The standard InChI is InChI=1S/C19H15Cl2N3O3/c1-24-17(10-16(23-24)12-6-8-13(20)9-7-12)22-18(25)11-27-19(26)14-4-2-3-5-15(14)21/h2-10H,11H2,1H3,(H,22,25). The number of rotatable bonds is 5. The smallest absolute Gasteiger partial charge is 0.340 e. The molecule has 1 heterocycles. The van der Waals surface area contributed by atoms with Crippen molar-refractivity contribution >= 4 is 40.9 Å². The summed E-state index contributed by atoms with van der Waals surface area (Å²) in [5.74, 6) is -0.678. The Labute approximate surface area is 165 Å². The highest BCUT2D eigenvalue weighted by molar-refractivity contribution is 6.33. The number of aromatic nitrogens is 2. The summed E-state index contributed by atoms with van der Waals surface area (Å²) < 4.78 is 6.53. The number of nitrogens with one attached hydrogen (secondary N) is 1. The molecular formula is C19H15Cl2N3O3. The van der Waals surface area contributed by atoms with Crippen LogP contribution in [-0.4, -0.2) is 28.3 Å². The molecule has 2 aromatic carbocycles. The van der Waals surface area contributed by atoms with Crippen molar-refractivity contribution in [2.24, 2.45) is 7.05 Å². The minimum atomic E-state index is -0.664. The molecule has 0 saturated carbocycles. The maximum Gasteiger partial charge on any atom is 0.340 e. The number of esters is 1. The van der Waals surface area contributed by atoms with E-state index in [1.807, 2.05) is 12.1 Å². The van der Waals surface area contributed by atoms with Crippen LogP contribution < -0.4 is 5.32 Å². The summed E-state index contributed by atoms with van der Waals surface area (Å²) in [6, 6.07) is 15.4. The van der Waals surface area contributed by atoms with Gasteiger partial charge in [-0.3, -0.25) is 9.48 Å². The van der Waals surface area contributed by atoms with Gasteiger partial charge in [0.05, 0.1) is 16.3 Å². The van der Waals surface area contributed by atoms with Crippen molar-refractivity contribution in [1.29, 1.82) is 0 Å². The third-order valence-electron chi connectivity index (χ3n) is 3.72.